The van der Waals surface area contributed by atoms with Gasteiger partial charge in [0, 0.05) is 21.4 Å². The number of ether oxygens (including phenoxy) is 1. The van der Waals surface area contributed by atoms with Crippen molar-refractivity contribution in [2.75, 3.05) is 6.54 Å². The van der Waals surface area contributed by atoms with E-state index in [0.717, 1.165) is 33.6 Å². The number of likely N-dealkylation sites (tertiary alicyclic amines) is 1. The minimum Gasteiger partial charge on any atom is -0.489 e. The second kappa shape index (κ2) is 8.94. The molecule has 2 amide bonds. The maximum absolute atomic E-state index is 13.3. The van der Waals surface area contributed by atoms with Crippen LogP contribution in [0.3, 0.4) is 0 Å². The number of carbonyl (C=O) groups is 3. The Kier molecular flexibility index (Phi) is 5.97. The number of thioether (sulfide) groups is 1. The number of H-pyrrole nitrogens is 1. The number of aromatic nitrogens is 1. The number of nitrogens with one attached hydrogen (secondary N) is 1. The molecule has 1 saturated heterocycles. The molecule has 3 atom stereocenters. The molecule has 3 heterocycles. The summed E-state index contributed by atoms with van der Waals surface area (Å²) in [5.74, 6) is -3.37. The molecule has 2 unspecified atom stereocenters. The van der Waals surface area contributed by atoms with Gasteiger partial charge in [-0.15, -0.1) is 0 Å². The fraction of sp³-hybridized carbons (Fsp3) is 0.217. The van der Waals surface area contributed by atoms with Gasteiger partial charge in [-0.25, -0.2) is 0 Å². The Bertz CT molecular complexity index is 1350. The van der Waals surface area contributed by atoms with Crippen LogP contribution in [0.15, 0.2) is 58.4 Å². The normalized spacial score (nSPS) is 21.3. The first kappa shape index (κ1) is 22.7. The lowest BCUT2D eigenvalue weighted by atomic mass is 9.82. The number of aromatic amines is 1. The van der Waals surface area contributed by atoms with Gasteiger partial charge in [0.2, 0.25) is 11.8 Å². The van der Waals surface area contributed by atoms with Crippen molar-refractivity contribution in [3.05, 3.63) is 79.2 Å². The minimum atomic E-state index is -1.27. The number of aliphatic carboxylic acids is 1. The highest BCUT2D eigenvalue weighted by molar-refractivity contribution is 8.00. The van der Waals surface area contributed by atoms with E-state index in [1.54, 1.807) is 36.4 Å². The highest BCUT2D eigenvalue weighted by Gasteiger charge is 2.56. The van der Waals surface area contributed by atoms with Gasteiger partial charge < -0.3 is 14.8 Å². The van der Waals surface area contributed by atoms with Crippen molar-refractivity contribution in [3.63, 3.8) is 0 Å². The molecule has 2 aliphatic rings. The molecule has 11 heteroatoms. The molecule has 2 aliphatic heterocycles. The van der Waals surface area contributed by atoms with Crippen LogP contribution >= 0.6 is 34.7 Å². The molecule has 0 aliphatic carbocycles. The first-order valence-corrected chi connectivity index (χ1v) is 12.3. The zero-order valence-corrected chi connectivity index (χ0v) is 19.8. The number of carbonyl (C=O) groups excluding carboxylic acids is 2. The average Bonchev–Trinajstić information content (AvgIpc) is 3.29. The summed E-state index contributed by atoms with van der Waals surface area (Å²) < 4.78 is 6.10. The van der Waals surface area contributed by atoms with Crippen LogP contribution in [0.1, 0.15) is 21.9 Å². The third-order valence-corrected chi connectivity index (χ3v) is 8.42. The van der Waals surface area contributed by atoms with Crippen molar-refractivity contribution in [1.82, 2.24) is 9.88 Å². The third kappa shape index (κ3) is 4.02. The summed E-state index contributed by atoms with van der Waals surface area (Å²) >= 11 is 8.04. The van der Waals surface area contributed by atoms with Gasteiger partial charge in [-0.3, -0.25) is 24.1 Å². The van der Waals surface area contributed by atoms with E-state index in [1.165, 1.54) is 0 Å². The minimum absolute atomic E-state index is 0.248. The van der Waals surface area contributed by atoms with Crippen molar-refractivity contribution >= 4 is 52.5 Å². The Labute approximate surface area is 206 Å². The van der Waals surface area contributed by atoms with E-state index in [4.69, 9.17) is 16.3 Å². The van der Waals surface area contributed by atoms with Gasteiger partial charge in [-0.1, -0.05) is 65.0 Å². The van der Waals surface area contributed by atoms with Crippen molar-refractivity contribution in [3.8, 4) is 5.75 Å². The van der Waals surface area contributed by atoms with E-state index in [0.29, 0.717) is 26.2 Å². The van der Waals surface area contributed by atoms with E-state index < -0.39 is 41.4 Å². The SMILES string of the molecule is O=C(O)CN1C(=O)C2Sc3[nH]c(=O)sc3[C@H](c3ccccc3OCc3ccc(Cl)cc3)C2C1=O. The molecular weight excluding hydrogens is 500 g/mol. The van der Waals surface area contributed by atoms with Gasteiger partial charge in [0.1, 0.15) is 24.2 Å². The first-order valence-electron chi connectivity index (χ1n) is 10.3. The zero-order valence-electron chi connectivity index (χ0n) is 17.4. The third-order valence-electron chi connectivity index (χ3n) is 5.77. The summed E-state index contributed by atoms with van der Waals surface area (Å²) in [7, 11) is 0. The van der Waals surface area contributed by atoms with Crippen LogP contribution in [0.4, 0.5) is 0 Å². The quantitative estimate of drug-likeness (QED) is 0.482. The predicted octanol–water partition coefficient (Wildman–Crippen LogP) is 3.34. The molecule has 0 bridgehead atoms. The molecule has 1 fully saturated rings. The molecule has 5 rings (SSSR count). The van der Waals surface area contributed by atoms with Crippen LogP contribution in [-0.2, 0) is 21.0 Å². The van der Waals surface area contributed by atoms with Gasteiger partial charge in [0.05, 0.1) is 10.9 Å². The van der Waals surface area contributed by atoms with Crippen LogP contribution in [0.2, 0.25) is 5.02 Å². The number of para-hydroxylation sites is 1. The van der Waals surface area contributed by atoms with Crippen molar-refractivity contribution in [1.29, 1.82) is 0 Å². The number of fused-ring (bicyclic) bond motifs is 2. The molecule has 1 aromatic heterocycles. The molecule has 2 aromatic carbocycles. The molecule has 3 aromatic rings. The topological polar surface area (TPSA) is 117 Å². The summed E-state index contributed by atoms with van der Waals surface area (Å²) in [5.41, 5.74) is 1.55. The number of benzene rings is 2. The summed E-state index contributed by atoms with van der Waals surface area (Å²) in [6.45, 7) is -0.450. The summed E-state index contributed by atoms with van der Waals surface area (Å²) in [6.07, 6.45) is 0. The van der Waals surface area contributed by atoms with E-state index >= 15 is 0 Å². The smallest absolute Gasteiger partial charge is 0.323 e. The van der Waals surface area contributed by atoms with E-state index in [1.807, 2.05) is 12.1 Å². The van der Waals surface area contributed by atoms with Gasteiger partial charge in [-0.05, 0) is 23.8 Å². The molecule has 34 heavy (non-hydrogen) atoms. The summed E-state index contributed by atoms with van der Waals surface area (Å²) in [4.78, 5) is 53.7. The number of imide groups is 1. The number of hydrogen-bond donors (Lipinski definition) is 2. The monoisotopic (exact) mass is 516 g/mol. The Morgan fingerprint density at radius 3 is 2.56 bits per heavy atom. The number of carboxylic acid groups (broad SMARTS) is 1. The molecule has 174 valence electrons. The zero-order chi connectivity index (χ0) is 24.0. The van der Waals surface area contributed by atoms with Gasteiger partial charge in [0.15, 0.2) is 0 Å². The summed E-state index contributed by atoms with van der Waals surface area (Å²) in [5, 5.41) is 9.51. The lowest BCUT2D eigenvalue weighted by Crippen LogP contribution is -2.36. The largest absolute Gasteiger partial charge is 0.489 e. The van der Waals surface area contributed by atoms with E-state index in [-0.39, 0.29) is 11.5 Å². The standard InChI is InChI=1S/C23H17ClN2O6S2/c24-12-7-5-11(6-8-12)10-32-14-4-2-1-3-13(14)16-17-19(33-20-18(16)34-23(31)25-20)22(30)26(21(17)29)9-15(27)28/h1-8,16-17,19H,9-10H2,(H,25,31)(H,27,28)/t16-,17?,19?/m1/s1. The second-order valence-electron chi connectivity index (χ2n) is 7.86. The second-order valence-corrected chi connectivity index (χ2v) is 10.5. The Morgan fingerprint density at radius 2 is 1.82 bits per heavy atom. The van der Waals surface area contributed by atoms with Crippen molar-refractivity contribution < 1.29 is 24.2 Å². The number of carboxylic acids is 1. The number of nitrogens with zero attached hydrogens (tertiary/aromatic N) is 1. The highest BCUT2D eigenvalue weighted by atomic mass is 35.5. The maximum Gasteiger partial charge on any atom is 0.323 e. The molecular formula is C23H17ClN2O6S2. The van der Waals surface area contributed by atoms with Crippen molar-refractivity contribution in [2.45, 2.75) is 22.8 Å². The Morgan fingerprint density at radius 1 is 1.09 bits per heavy atom. The van der Waals surface area contributed by atoms with E-state index in [9.17, 15) is 24.3 Å². The predicted molar refractivity (Wildman–Crippen MR) is 126 cm³/mol. The van der Waals surface area contributed by atoms with Gasteiger partial charge >= 0.3 is 10.8 Å². The fourth-order valence-electron chi connectivity index (χ4n) is 4.31. The fourth-order valence-corrected chi connectivity index (χ4v) is 6.96. The molecule has 0 saturated carbocycles. The average molecular weight is 517 g/mol. The van der Waals surface area contributed by atoms with Crippen LogP contribution in [0.25, 0.3) is 0 Å². The lowest BCUT2D eigenvalue weighted by Gasteiger charge is -2.30. The molecule has 0 radical (unpaired) electrons. The first-order chi connectivity index (χ1) is 16.3. The highest BCUT2D eigenvalue weighted by Crippen LogP contribution is 2.53. The van der Waals surface area contributed by atoms with Crippen LogP contribution in [0.5, 0.6) is 5.75 Å². The maximum atomic E-state index is 13.3. The van der Waals surface area contributed by atoms with Crippen LogP contribution in [0, 0.1) is 5.92 Å². The number of thiazole rings is 1. The molecule has 2 N–H and O–H groups in total. The lowest BCUT2D eigenvalue weighted by molar-refractivity contribution is -0.149. The number of hydrogen-bond acceptors (Lipinski definition) is 7. The Hall–Kier alpha value is -3.08. The Balaban J connectivity index is 1.55. The van der Waals surface area contributed by atoms with Crippen molar-refractivity contribution in [2.24, 2.45) is 5.92 Å². The van der Waals surface area contributed by atoms with E-state index in [2.05, 4.69) is 4.98 Å². The van der Waals surface area contributed by atoms with Crippen LogP contribution < -0.4 is 9.61 Å². The summed E-state index contributed by atoms with van der Waals surface area (Å²) in [6, 6.07) is 14.4. The number of halogens is 1. The molecule has 0 spiro atoms. The molecule has 8 nitrogen and oxygen atoms in total. The van der Waals surface area contributed by atoms with Gasteiger partial charge in [-0.2, -0.15) is 0 Å². The number of amides is 2. The number of rotatable bonds is 6. The van der Waals surface area contributed by atoms with Crippen LogP contribution in [-0.4, -0.2) is 44.6 Å². The van der Waals surface area contributed by atoms with Gasteiger partial charge in [0.25, 0.3) is 0 Å².